The van der Waals surface area contributed by atoms with Crippen LogP contribution in [0.25, 0.3) is 22.7 Å². The summed E-state index contributed by atoms with van der Waals surface area (Å²) in [4.78, 5) is 7.64. The van der Waals surface area contributed by atoms with E-state index in [1.54, 1.807) is 0 Å². The minimum atomic E-state index is 0.140. The van der Waals surface area contributed by atoms with E-state index in [1.807, 2.05) is 68.5 Å². The van der Waals surface area contributed by atoms with E-state index in [2.05, 4.69) is 16.0 Å². The summed E-state index contributed by atoms with van der Waals surface area (Å²) >= 11 is 0. The van der Waals surface area contributed by atoms with E-state index in [1.165, 1.54) is 0 Å². The number of benzene rings is 2. The molecule has 1 heterocycles. The Labute approximate surface area is 135 Å². The smallest absolute Gasteiger partial charge is 0.149 e. The topological polar surface area (TPSA) is 61.7 Å². The molecule has 4 nitrogen and oxygen atoms in total. The summed E-state index contributed by atoms with van der Waals surface area (Å²) in [5, 5.41) is 9.44. The van der Waals surface area contributed by atoms with Gasteiger partial charge in [-0.15, -0.1) is 0 Å². The Balaban J connectivity index is 1.90. The lowest BCUT2D eigenvalue weighted by atomic mass is 10.1. The van der Waals surface area contributed by atoms with Crippen LogP contribution in [0.1, 0.15) is 25.2 Å². The molecule has 0 radical (unpaired) electrons. The Bertz CT molecular complexity index is 850. The molecule has 0 fully saturated rings. The first kappa shape index (κ1) is 14.9. The number of fused-ring (bicyclic) bond motifs is 1. The van der Waals surface area contributed by atoms with Crippen molar-refractivity contribution in [2.45, 2.75) is 20.0 Å². The van der Waals surface area contributed by atoms with Crippen LogP contribution in [0.2, 0.25) is 0 Å². The van der Waals surface area contributed by atoms with Gasteiger partial charge in [-0.2, -0.15) is 5.26 Å². The van der Waals surface area contributed by atoms with Gasteiger partial charge < -0.3 is 9.72 Å². The van der Waals surface area contributed by atoms with Gasteiger partial charge in [-0.25, -0.2) is 4.98 Å². The van der Waals surface area contributed by atoms with Gasteiger partial charge in [0, 0.05) is 0 Å². The van der Waals surface area contributed by atoms with Crippen LogP contribution < -0.4 is 4.74 Å². The van der Waals surface area contributed by atoms with E-state index in [0.29, 0.717) is 11.4 Å². The first-order chi connectivity index (χ1) is 11.2. The van der Waals surface area contributed by atoms with Gasteiger partial charge in [0.2, 0.25) is 0 Å². The quantitative estimate of drug-likeness (QED) is 0.726. The van der Waals surface area contributed by atoms with Crippen molar-refractivity contribution in [1.82, 2.24) is 9.97 Å². The number of imidazole rings is 1. The van der Waals surface area contributed by atoms with Gasteiger partial charge in [-0.1, -0.05) is 24.3 Å². The number of rotatable bonds is 4. The predicted octanol–water partition coefficient (Wildman–Crippen LogP) is 4.41. The number of aromatic amines is 1. The Hall–Kier alpha value is -3.06. The number of hydrogen-bond donors (Lipinski definition) is 1. The molecule has 2 aromatic carbocycles. The van der Waals surface area contributed by atoms with E-state index in [9.17, 15) is 5.26 Å². The van der Waals surface area contributed by atoms with Gasteiger partial charge in [-0.3, -0.25) is 0 Å². The molecule has 23 heavy (non-hydrogen) atoms. The van der Waals surface area contributed by atoms with Gasteiger partial charge in [-0.05, 0) is 49.8 Å². The van der Waals surface area contributed by atoms with Crippen LogP contribution >= 0.6 is 0 Å². The summed E-state index contributed by atoms with van der Waals surface area (Å²) in [6.07, 6.45) is 1.96. The maximum Gasteiger partial charge on any atom is 0.149 e. The van der Waals surface area contributed by atoms with Gasteiger partial charge in [0.05, 0.1) is 22.7 Å². The maximum atomic E-state index is 9.44. The first-order valence-corrected chi connectivity index (χ1v) is 7.49. The normalized spacial score (nSPS) is 11.7. The molecule has 1 N–H and O–H groups in total. The highest BCUT2D eigenvalue weighted by Crippen LogP contribution is 2.21. The van der Waals surface area contributed by atoms with Crippen LogP contribution in [0.3, 0.4) is 0 Å². The summed E-state index contributed by atoms with van der Waals surface area (Å²) in [5.74, 6) is 1.40. The highest BCUT2D eigenvalue weighted by molar-refractivity contribution is 5.90. The zero-order valence-electron chi connectivity index (χ0n) is 13.1. The standard InChI is InChI=1S/C19H17N3O/c1-13(2)23-16-9-7-14(8-10-16)11-15(12-20)19-21-17-5-3-4-6-18(17)22-19/h3-11,13H,1-2H3,(H,21,22)/b15-11+. The molecular weight excluding hydrogens is 286 g/mol. The van der Waals surface area contributed by atoms with E-state index < -0.39 is 0 Å². The molecule has 0 unspecified atom stereocenters. The molecular formula is C19H17N3O. The van der Waals surface area contributed by atoms with Crippen molar-refractivity contribution >= 4 is 22.7 Å². The number of para-hydroxylation sites is 2. The molecule has 0 spiro atoms. The summed E-state index contributed by atoms with van der Waals surface area (Å²) in [5.41, 5.74) is 3.20. The fraction of sp³-hybridized carbons (Fsp3) is 0.158. The second-order valence-corrected chi connectivity index (χ2v) is 5.51. The molecule has 0 amide bonds. The Kier molecular flexibility index (Phi) is 4.11. The minimum Gasteiger partial charge on any atom is -0.491 e. The number of nitriles is 1. The summed E-state index contributed by atoms with van der Waals surface area (Å²) in [7, 11) is 0. The number of nitrogens with one attached hydrogen (secondary N) is 1. The van der Waals surface area contributed by atoms with Crippen LogP contribution in [0, 0.1) is 11.3 Å². The lowest BCUT2D eigenvalue weighted by Crippen LogP contribution is -2.05. The predicted molar refractivity (Wildman–Crippen MR) is 91.8 cm³/mol. The minimum absolute atomic E-state index is 0.140. The highest BCUT2D eigenvalue weighted by Gasteiger charge is 2.07. The van der Waals surface area contributed by atoms with Crippen molar-refractivity contribution in [3.8, 4) is 11.8 Å². The van der Waals surface area contributed by atoms with Crippen LogP contribution in [-0.4, -0.2) is 16.1 Å². The fourth-order valence-corrected chi connectivity index (χ4v) is 2.32. The number of nitrogens with zero attached hydrogens (tertiary/aromatic N) is 2. The van der Waals surface area contributed by atoms with Gasteiger partial charge in [0.1, 0.15) is 17.6 Å². The van der Waals surface area contributed by atoms with Gasteiger partial charge in [0.15, 0.2) is 0 Å². The number of hydrogen-bond acceptors (Lipinski definition) is 3. The van der Waals surface area contributed by atoms with E-state index in [-0.39, 0.29) is 6.10 Å². The zero-order chi connectivity index (χ0) is 16.2. The molecule has 1 aromatic heterocycles. The van der Waals surface area contributed by atoms with E-state index in [0.717, 1.165) is 22.3 Å². The second-order valence-electron chi connectivity index (χ2n) is 5.51. The molecule has 3 aromatic rings. The summed E-state index contributed by atoms with van der Waals surface area (Å²) in [6, 6.07) is 17.6. The maximum absolute atomic E-state index is 9.44. The van der Waals surface area contributed by atoms with Gasteiger partial charge >= 0.3 is 0 Å². The lowest BCUT2D eigenvalue weighted by Gasteiger charge is -2.09. The molecule has 0 bridgehead atoms. The first-order valence-electron chi connectivity index (χ1n) is 7.49. The van der Waals surface area contributed by atoms with Crippen LogP contribution in [0.15, 0.2) is 48.5 Å². The monoisotopic (exact) mass is 303 g/mol. The average molecular weight is 303 g/mol. The van der Waals surface area contributed by atoms with E-state index in [4.69, 9.17) is 4.74 Å². The molecule has 0 atom stereocenters. The third-order valence-electron chi connectivity index (χ3n) is 3.33. The van der Waals surface area contributed by atoms with Crippen LogP contribution in [0.4, 0.5) is 0 Å². The summed E-state index contributed by atoms with van der Waals surface area (Å²) in [6.45, 7) is 3.98. The number of allylic oxidation sites excluding steroid dienone is 1. The third-order valence-corrected chi connectivity index (χ3v) is 3.33. The SMILES string of the molecule is CC(C)Oc1ccc(/C=C(\C#N)c2nc3ccccc3[nH]2)cc1. The van der Waals surface area contributed by atoms with E-state index >= 15 is 0 Å². The van der Waals surface area contributed by atoms with Crippen molar-refractivity contribution in [2.75, 3.05) is 0 Å². The lowest BCUT2D eigenvalue weighted by molar-refractivity contribution is 0.242. The zero-order valence-corrected chi connectivity index (χ0v) is 13.1. The molecule has 114 valence electrons. The van der Waals surface area contributed by atoms with Crippen molar-refractivity contribution in [3.05, 3.63) is 59.9 Å². The average Bonchev–Trinajstić information content (AvgIpc) is 2.97. The van der Waals surface area contributed by atoms with Crippen molar-refractivity contribution in [1.29, 1.82) is 5.26 Å². The third kappa shape index (κ3) is 3.41. The highest BCUT2D eigenvalue weighted by atomic mass is 16.5. The van der Waals surface area contributed by atoms with Crippen molar-refractivity contribution in [2.24, 2.45) is 0 Å². The molecule has 0 aliphatic rings. The molecule has 0 aliphatic carbocycles. The number of H-pyrrole nitrogens is 1. The molecule has 0 saturated heterocycles. The van der Waals surface area contributed by atoms with Crippen molar-refractivity contribution in [3.63, 3.8) is 0 Å². The largest absolute Gasteiger partial charge is 0.491 e. The number of aromatic nitrogens is 2. The van der Waals surface area contributed by atoms with Crippen molar-refractivity contribution < 1.29 is 4.74 Å². The molecule has 0 aliphatic heterocycles. The van der Waals surface area contributed by atoms with Gasteiger partial charge in [0.25, 0.3) is 0 Å². The Morgan fingerprint density at radius 1 is 1.17 bits per heavy atom. The number of ether oxygens (including phenoxy) is 1. The second kappa shape index (κ2) is 6.37. The molecule has 0 saturated carbocycles. The molecule has 4 heteroatoms. The molecule has 3 rings (SSSR count). The Morgan fingerprint density at radius 3 is 2.57 bits per heavy atom. The fourth-order valence-electron chi connectivity index (χ4n) is 2.32. The Morgan fingerprint density at radius 2 is 1.91 bits per heavy atom. The van der Waals surface area contributed by atoms with Crippen LogP contribution in [0.5, 0.6) is 5.75 Å². The van der Waals surface area contributed by atoms with Crippen LogP contribution in [-0.2, 0) is 0 Å². The summed E-state index contributed by atoms with van der Waals surface area (Å²) < 4.78 is 5.62.